The van der Waals surface area contributed by atoms with Crippen LogP contribution in [0.4, 0.5) is 0 Å². The van der Waals surface area contributed by atoms with Gasteiger partial charge >= 0.3 is 0 Å². The Morgan fingerprint density at radius 3 is 2.31 bits per heavy atom. The Bertz CT molecular complexity index is 927. The molecule has 0 aromatic heterocycles. The molecule has 1 amide bonds. The standard InChI is InChI=1S/C22H30N2O4S/c1-6-17(4)24(15-18-10-8-7-9-11-18)22(25)19-12-13-20(28-5)21(14-19)29(26,27)23-16(2)3/h7-14,16-17,23H,6,15H2,1-5H3. The molecule has 0 radical (unpaired) electrons. The maximum absolute atomic E-state index is 13.3. The number of methoxy groups -OCH3 is 1. The Hall–Kier alpha value is -2.38. The number of nitrogens with one attached hydrogen (secondary N) is 1. The first-order valence-corrected chi connectivity index (χ1v) is 11.2. The van der Waals surface area contributed by atoms with Gasteiger partial charge in [0.1, 0.15) is 10.6 Å². The highest BCUT2D eigenvalue weighted by atomic mass is 32.2. The highest BCUT2D eigenvalue weighted by Gasteiger charge is 2.26. The molecule has 0 heterocycles. The third-order valence-corrected chi connectivity index (χ3v) is 6.35. The van der Waals surface area contributed by atoms with Gasteiger partial charge in [0.2, 0.25) is 10.0 Å². The number of carbonyl (C=O) groups excluding carboxylic acids is 1. The summed E-state index contributed by atoms with van der Waals surface area (Å²) in [5, 5.41) is 0. The Morgan fingerprint density at radius 1 is 1.10 bits per heavy atom. The predicted octanol–water partition coefficient (Wildman–Crippen LogP) is 3.82. The fourth-order valence-electron chi connectivity index (χ4n) is 2.99. The number of sulfonamides is 1. The van der Waals surface area contributed by atoms with E-state index in [1.54, 1.807) is 24.8 Å². The van der Waals surface area contributed by atoms with Crippen molar-refractivity contribution in [1.82, 2.24) is 9.62 Å². The van der Waals surface area contributed by atoms with E-state index in [1.807, 2.05) is 44.2 Å². The van der Waals surface area contributed by atoms with Crippen LogP contribution in [0.2, 0.25) is 0 Å². The molecule has 0 fully saturated rings. The van der Waals surface area contributed by atoms with Gasteiger partial charge in [-0.15, -0.1) is 0 Å². The van der Waals surface area contributed by atoms with E-state index < -0.39 is 10.0 Å². The molecule has 2 aromatic carbocycles. The summed E-state index contributed by atoms with van der Waals surface area (Å²) in [4.78, 5) is 15.0. The molecular weight excluding hydrogens is 388 g/mol. The van der Waals surface area contributed by atoms with E-state index in [0.717, 1.165) is 12.0 Å². The van der Waals surface area contributed by atoms with Gasteiger partial charge in [0.25, 0.3) is 5.91 Å². The fourth-order valence-corrected chi connectivity index (χ4v) is 4.43. The van der Waals surface area contributed by atoms with E-state index in [0.29, 0.717) is 12.1 Å². The lowest BCUT2D eigenvalue weighted by Crippen LogP contribution is -2.38. The van der Waals surface area contributed by atoms with Crippen LogP contribution in [0.5, 0.6) is 5.75 Å². The van der Waals surface area contributed by atoms with Gasteiger partial charge < -0.3 is 9.64 Å². The van der Waals surface area contributed by atoms with Crippen LogP contribution in [0.3, 0.4) is 0 Å². The second kappa shape index (κ2) is 9.89. The zero-order chi connectivity index (χ0) is 21.6. The summed E-state index contributed by atoms with van der Waals surface area (Å²) in [6.45, 7) is 7.94. The Morgan fingerprint density at radius 2 is 1.76 bits per heavy atom. The van der Waals surface area contributed by atoms with Crippen molar-refractivity contribution in [3.8, 4) is 5.75 Å². The van der Waals surface area contributed by atoms with Crippen molar-refractivity contribution in [2.75, 3.05) is 7.11 Å². The third kappa shape index (κ3) is 5.81. The third-order valence-electron chi connectivity index (χ3n) is 4.67. The lowest BCUT2D eigenvalue weighted by Gasteiger charge is -2.29. The molecule has 0 aliphatic heterocycles. The van der Waals surface area contributed by atoms with E-state index in [2.05, 4.69) is 4.72 Å². The molecule has 0 aliphatic rings. The number of rotatable bonds is 9. The minimum absolute atomic E-state index is 0.00125. The maximum Gasteiger partial charge on any atom is 0.254 e. The topological polar surface area (TPSA) is 75.7 Å². The summed E-state index contributed by atoms with van der Waals surface area (Å²) >= 11 is 0. The van der Waals surface area contributed by atoms with Gasteiger partial charge in [-0.3, -0.25) is 4.79 Å². The SMILES string of the molecule is CCC(C)N(Cc1ccccc1)C(=O)c1ccc(OC)c(S(=O)(=O)NC(C)C)c1. The Kier molecular flexibility index (Phi) is 7.81. The van der Waals surface area contributed by atoms with Crippen LogP contribution in [0.1, 0.15) is 50.0 Å². The first kappa shape index (κ1) is 22.9. The Labute approximate surface area is 173 Å². The molecule has 1 N–H and O–H groups in total. The lowest BCUT2D eigenvalue weighted by molar-refractivity contribution is 0.0671. The fraction of sp³-hybridized carbons (Fsp3) is 0.409. The summed E-state index contributed by atoms with van der Waals surface area (Å²) < 4.78 is 33.2. The molecule has 0 saturated carbocycles. The van der Waals surface area contributed by atoms with Crippen LogP contribution >= 0.6 is 0 Å². The average Bonchev–Trinajstić information content (AvgIpc) is 2.70. The largest absolute Gasteiger partial charge is 0.495 e. The van der Waals surface area contributed by atoms with Crippen LogP contribution in [-0.2, 0) is 16.6 Å². The minimum Gasteiger partial charge on any atom is -0.495 e. The summed E-state index contributed by atoms with van der Waals surface area (Å²) in [5.74, 6) is -0.0142. The van der Waals surface area contributed by atoms with Crippen molar-refractivity contribution >= 4 is 15.9 Å². The van der Waals surface area contributed by atoms with Gasteiger partial charge in [0, 0.05) is 24.2 Å². The number of ether oxygens (including phenoxy) is 1. The number of carbonyl (C=O) groups is 1. The van der Waals surface area contributed by atoms with E-state index in [-0.39, 0.29) is 28.6 Å². The van der Waals surface area contributed by atoms with Crippen molar-refractivity contribution in [2.45, 2.75) is 57.6 Å². The number of amides is 1. The van der Waals surface area contributed by atoms with Crippen LogP contribution in [-0.4, -0.2) is 38.4 Å². The molecule has 1 atom stereocenters. The predicted molar refractivity (Wildman–Crippen MR) is 115 cm³/mol. The molecule has 1 unspecified atom stereocenters. The highest BCUT2D eigenvalue weighted by Crippen LogP contribution is 2.26. The first-order valence-electron chi connectivity index (χ1n) is 9.74. The molecule has 2 rings (SSSR count). The molecule has 6 nitrogen and oxygen atoms in total. The molecule has 158 valence electrons. The maximum atomic E-state index is 13.3. The zero-order valence-corrected chi connectivity index (χ0v) is 18.5. The van der Waals surface area contributed by atoms with E-state index in [1.165, 1.54) is 19.2 Å². The first-order chi connectivity index (χ1) is 13.7. The van der Waals surface area contributed by atoms with Crippen molar-refractivity contribution in [3.63, 3.8) is 0 Å². The van der Waals surface area contributed by atoms with Crippen LogP contribution in [0.25, 0.3) is 0 Å². The molecule has 0 saturated heterocycles. The second-order valence-electron chi connectivity index (χ2n) is 7.32. The van der Waals surface area contributed by atoms with Crippen molar-refractivity contribution in [1.29, 1.82) is 0 Å². The number of hydrogen-bond donors (Lipinski definition) is 1. The van der Waals surface area contributed by atoms with Gasteiger partial charge in [0.05, 0.1) is 7.11 Å². The summed E-state index contributed by atoms with van der Waals surface area (Å²) in [6, 6.07) is 14.0. The van der Waals surface area contributed by atoms with Crippen molar-refractivity contribution in [3.05, 3.63) is 59.7 Å². The molecule has 0 bridgehead atoms. The normalized spacial score (nSPS) is 12.6. The lowest BCUT2D eigenvalue weighted by atomic mass is 10.1. The van der Waals surface area contributed by atoms with E-state index in [9.17, 15) is 13.2 Å². The quantitative estimate of drug-likeness (QED) is 0.672. The highest BCUT2D eigenvalue weighted by molar-refractivity contribution is 7.89. The van der Waals surface area contributed by atoms with Crippen LogP contribution in [0, 0.1) is 0 Å². The zero-order valence-electron chi connectivity index (χ0n) is 17.7. The molecule has 7 heteroatoms. The summed E-state index contributed by atoms with van der Waals surface area (Å²) in [7, 11) is -2.41. The number of benzene rings is 2. The summed E-state index contributed by atoms with van der Waals surface area (Å²) in [6.07, 6.45) is 0.786. The number of nitrogens with zero attached hydrogens (tertiary/aromatic N) is 1. The molecular formula is C22H30N2O4S. The minimum atomic E-state index is -3.81. The smallest absolute Gasteiger partial charge is 0.254 e. The van der Waals surface area contributed by atoms with Gasteiger partial charge in [0.15, 0.2) is 0 Å². The molecule has 2 aromatic rings. The number of hydrogen-bond acceptors (Lipinski definition) is 4. The van der Waals surface area contributed by atoms with Crippen molar-refractivity contribution < 1.29 is 17.9 Å². The Balaban J connectivity index is 2.45. The van der Waals surface area contributed by atoms with Gasteiger partial charge in [-0.25, -0.2) is 13.1 Å². The van der Waals surface area contributed by atoms with Gasteiger partial charge in [-0.2, -0.15) is 0 Å². The molecule has 0 spiro atoms. The molecule has 29 heavy (non-hydrogen) atoms. The van der Waals surface area contributed by atoms with Gasteiger partial charge in [-0.05, 0) is 51.0 Å². The van der Waals surface area contributed by atoms with Crippen LogP contribution < -0.4 is 9.46 Å². The van der Waals surface area contributed by atoms with Gasteiger partial charge in [-0.1, -0.05) is 37.3 Å². The van der Waals surface area contributed by atoms with Crippen LogP contribution in [0.15, 0.2) is 53.4 Å². The van der Waals surface area contributed by atoms with E-state index in [4.69, 9.17) is 4.74 Å². The van der Waals surface area contributed by atoms with E-state index >= 15 is 0 Å². The summed E-state index contributed by atoms with van der Waals surface area (Å²) in [5.41, 5.74) is 1.33. The monoisotopic (exact) mass is 418 g/mol. The van der Waals surface area contributed by atoms with Crippen molar-refractivity contribution in [2.24, 2.45) is 0 Å². The average molecular weight is 419 g/mol. The second-order valence-corrected chi connectivity index (χ2v) is 9.00. The molecule has 0 aliphatic carbocycles.